The summed E-state index contributed by atoms with van der Waals surface area (Å²) in [5.41, 5.74) is 2.62. The second kappa shape index (κ2) is 7.64. The molecule has 0 radical (unpaired) electrons. The Kier molecular flexibility index (Phi) is 5.11. The number of nitrogens with one attached hydrogen (secondary N) is 2. The van der Waals surface area contributed by atoms with Crippen LogP contribution in [0.2, 0.25) is 0 Å². The lowest BCUT2D eigenvalue weighted by Gasteiger charge is -2.11. The predicted molar refractivity (Wildman–Crippen MR) is 95.3 cm³/mol. The molecular formula is C19H21N3O2. The van der Waals surface area contributed by atoms with Gasteiger partial charge in [0.05, 0.1) is 23.3 Å². The summed E-state index contributed by atoms with van der Waals surface area (Å²) in [5, 5.41) is 2.92. The maximum Gasteiger partial charge on any atom is 0.224 e. The molecule has 0 aliphatic heterocycles. The number of amides is 1. The Bertz CT molecular complexity index is 793. The lowest BCUT2D eigenvalue weighted by molar-refractivity contribution is -0.116. The molecule has 3 rings (SSSR count). The van der Waals surface area contributed by atoms with E-state index in [9.17, 15) is 4.79 Å². The van der Waals surface area contributed by atoms with E-state index in [-0.39, 0.29) is 5.91 Å². The fourth-order valence-corrected chi connectivity index (χ4v) is 2.48. The van der Waals surface area contributed by atoms with Crippen molar-refractivity contribution in [2.75, 3.05) is 11.9 Å². The van der Waals surface area contributed by atoms with Gasteiger partial charge in [-0.2, -0.15) is 0 Å². The molecule has 0 atom stereocenters. The van der Waals surface area contributed by atoms with Gasteiger partial charge in [0.2, 0.25) is 5.91 Å². The number of imidazole rings is 1. The number of carbonyl (C=O) groups is 1. The van der Waals surface area contributed by atoms with Crippen LogP contribution in [-0.4, -0.2) is 22.5 Å². The van der Waals surface area contributed by atoms with Gasteiger partial charge in [0.1, 0.15) is 11.6 Å². The number of H-pyrrole nitrogens is 1. The van der Waals surface area contributed by atoms with E-state index in [1.54, 1.807) is 0 Å². The molecule has 0 fully saturated rings. The summed E-state index contributed by atoms with van der Waals surface area (Å²) in [4.78, 5) is 19.9. The Morgan fingerprint density at radius 2 is 1.96 bits per heavy atom. The van der Waals surface area contributed by atoms with Crippen LogP contribution in [0.1, 0.15) is 25.6 Å². The Hall–Kier alpha value is -2.82. The summed E-state index contributed by atoms with van der Waals surface area (Å²) in [7, 11) is 0. The molecule has 1 amide bonds. The van der Waals surface area contributed by atoms with Gasteiger partial charge in [-0.15, -0.1) is 0 Å². The molecule has 2 aromatic carbocycles. The van der Waals surface area contributed by atoms with E-state index in [4.69, 9.17) is 4.74 Å². The molecule has 1 heterocycles. The number of aryl methyl sites for hydroxylation is 1. The van der Waals surface area contributed by atoms with E-state index in [1.165, 1.54) is 0 Å². The van der Waals surface area contributed by atoms with E-state index in [0.29, 0.717) is 30.9 Å². The zero-order valence-corrected chi connectivity index (χ0v) is 13.7. The van der Waals surface area contributed by atoms with Crippen molar-refractivity contribution in [2.45, 2.75) is 26.2 Å². The standard InChI is InChI=1S/C19H21N3O2/c1-2-13-24-17-10-6-5-9-16(17)22-19(23)12-11-18-20-14-7-3-4-8-15(14)21-18/h3-10H,2,11-13H2,1H3,(H,20,21)(H,22,23). The van der Waals surface area contributed by atoms with Crippen molar-refractivity contribution in [3.8, 4) is 5.75 Å². The molecule has 2 N–H and O–H groups in total. The summed E-state index contributed by atoms with van der Waals surface area (Å²) in [6, 6.07) is 15.3. The van der Waals surface area contributed by atoms with Gasteiger partial charge >= 0.3 is 0 Å². The van der Waals surface area contributed by atoms with Gasteiger partial charge in [-0.3, -0.25) is 4.79 Å². The molecule has 1 aromatic heterocycles. The van der Waals surface area contributed by atoms with Crippen LogP contribution < -0.4 is 10.1 Å². The van der Waals surface area contributed by atoms with Gasteiger partial charge in [-0.1, -0.05) is 31.2 Å². The van der Waals surface area contributed by atoms with Crippen LogP contribution in [-0.2, 0) is 11.2 Å². The fourth-order valence-electron chi connectivity index (χ4n) is 2.48. The largest absolute Gasteiger partial charge is 0.491 e. The van der Waals surface area contributed by atoms with E-state index in [2.05, 4.69) is 22.2 Å². The van der Waals surface area contributed by atoms with Crippen LogP contribution in [0.5, 0.6) is 5.75 Å². The summed E-state index contributed by atoms with van der Waals surface area (Å²) in [5.74, 6) is 1.47. The lowest BCUT2D eigenvalue weighted by Crippen LogP contribution is -2.13. The molecule has 3 aromatic rings. The highest BCUT2D eigenvalue weighted by Gasteiger charge is 2.09. The number of hydrogen-bond donors (Lipinski definition) is 2. The van der Waals surface area contributed by atoms with Crippen LogP contribution in [0.3, 0.4) is 0 Å². The number of carbonyl (C=O) groups excluding carboxylic acids is 1. The van der Waals surface area contributed by atoms with Crippen LogP contribution in [0.15, 0.2) is 48.5 Å². The van der Waals surface area contributed by atoms with E-state index in [0.717, 1.165) is 23.3 Å². The third kappa shape index (κ3) is 3.93. The highest BCUT2D eigenvalue weighted by atomic mass is 16.5. The molecule has 5 nitrogen and oxygen atoms in total. The first-order valence-corrected chi connectivity index (χ1v) is 8.21. The smallest absolute Gasteiger partial charge is 0.224 e. The normalized spacial score (nSPS) is 10.7. The first-order chi connectivity index (χ1) is 11.8. The number of nitrogens with zero attached hydrogens (tertiary/aromatic N) is 1. The van der Waals surface area contributed by atoms with Crippen molar-refractivity contribution in [2.24, 2.45) is 0 Å². The molecule has 24 heavy (non-hydrogen) atoms. The van der Waals surface area contributed by atoms with Crippen molar-refractivity contribution >= 4 is 22.6 Å². The molecule has 0 saturated carbocycles. The minimum absolute atomic E-state index is 0.0528. The zero-order valence-electron chi connectivity index (χ0n) is 13.7. The Balaban J connectivity index is 1.59. The zero-order chi connectivity index (χ0) is 16.8. The van der Waals surface area contributed by atoms with Crippen molar-refractivity contribution < 1.29 is 9.53 Å². The molecule has 0 spiro atoms. The predicted octanol–water partition coefficient (Wildman–Crippen LogP) is 3.92. The lowest BCUT2D eigenvalue weighted by atomic mass is 10.2. The number of aromatic nitrogens is 2. The Labute approximate surface area is 141 Å². The summed E-state index contributed by atoms with van der Waals surface area (Å²) < 4.78 is 5.66. The number of hydrogen-bond acceptors (Lipinski definition) is 3. The van der Waals surface area contributed by atoms with Crippen molar-refractivity contribution in [3.05, 3.63) is 54.4 Å². The number of ether oxygens (including phenoxy) is 1. The van der Waals surface area contributed by atoms with Crippen molar-refractivity contribution in [1.82, 2.24) is 9.97 Å². The van der Waals surface area contributed by atoms with Crippen LogP contribution in [0.4, 0.5) is 5.69 Å². The minimum Gasteiger partial charge on any atom is -0.491 e. The van der Waals surface area contributed by atoms with Gasteiger partial charge in [0.15, 0.2) is 0 Å². The van der Waals surface area contributed by atoms with Gasteiger partial charge in [-0.25, -0.2) is 4.98 Å². The molecule has 0 saturated heterocycles. The van der Waals surface area contributed by atoms with E-state index in [1.807, 2.05) is 48.5 Å². The maximum atomic E-state index is 12.2. The summed E-state index contributed by atoms with van der Waals surface area (Å²) in [6.45, 7) is 2.68. The van der Waals surface area contributed by atoms with Gasteiger partial charge in [0.25, 0.3) is 0 Å². The summed E-state index contributed by atoms with van der Waals surface area (Å²) in [6.07, 6.45) is 1.86. The molecule has 0 aliphatic rings. The fraction of sp³-hybridized carbons (Fsp3) is 0.263. The average molecular weight is 323 g/mol. The second-order valence-electron chi connectivity index (χ2n) is 5.59. The van der Waals surface area contributed by atoms with E-state index < -0.39 is 0 Å². The number of aromatic amines is 1. The number of rotatable bonds is 7. The van der Waals surface area contributed by atoms with Gasteiger partial charge < -0.3 is 15.0 Å². The molecule has 0 unspecified atom stereocenters. The molecule has 5 heteroatoms. The number of anilines is 1. The van der Waals surface area contributed by atoms with Crippen LogP contribution in [0.25, 0.3) is 11.0 Å². The Morgan fingerprint density at radius 3 is 2.79 bits per heavy atom. The number of fused-ring (bicyclic) bond motifs is 1. The molecular weight excluding hydrogens is 302 g/mol. The SMILES string of the molecule is CCCOc1ccccc1NC(=O)CCc1nc2ccccc2[nH]1. The topological polar surface area (TPSA) is 67.0 Å². The highest BCUT2D eigenvalue weighted by molar-refractivity contribution is 5.92. The molecule has 124 valence electrons. The van der Waals surface area contributed by atoms with Gasteiger partial charge in [0, 0.05) is 12.8 Å². The maximum absolute atomic E-state index is 12.2. The third-order valence-corrected chi connectivity index (χ3v) is 3.65. The number of para-hydroxylation sites is 4. The van der Waals surface area contributed by atoms with Crippen LogP contribution >= 0.6 is 0 Å². The van der Waals surface area contributed by atoms with E-state index >= 15 is 0 Å². The van der Waals surface area contributed by atoms with Crippen LogP contribution in [0, 0.1) is 0 Å². The van der Waals surface area contributed by atoms with Crippen molar-refractivity contribution in [1.29, 1.82) is 0 Å². The third-order valence-electron chi connectivity index (χ3n) is 3.65. The first kappa shape index (κ1) is 16.1. The number of benzene rings is 2. The van der Waals surface area contributed by atoms with Gasteiger partial charge in [-0.05, 0) is 30.7 Å². The minimum atomic E-state index is -0.0528. The monoisotopic (exact) mass is 323 g/mol. The first-order valence-electron chi connectivity index (χ1n) is 8.21. The Morgan fingerprint density at radius 1 is 1.17 bits per heavy atom. The molecule has 0 bridgehead atoms. The highest BCUT2D eigenvalue weighted by Crippen LogP contribution is 2.24. The van der Waals surface area contributed by atoms with Crippen molar-refractivity contribution in [3.63, 3.8) is 0 Å². The molecule has 0 aliphatic carbocycles. The second-order valence-corrected chi connectivity index (χ2v) is 5.59. The quantitative estimate of drug-likeness (QED) is 0.692. The average Bonchev–Trinajstić information content (AvgIpc) is 3.02. The summed E-state index contributed by atoms with van der Waals surface area (Å²) >= 11 is 0.